The molecule has 0 amide bonds. The molecule has 0 bridgehead atoms. The zero-order valence-corrected chi connectivity index (χ0v) is 16.6. The maximum absolute atomic E-state index is 3.71. The van der Waals surface area contributed by atoms with Crippen LogP contribution in [0.15, 0.2) is 78.9 Å². The predicted molar refractivity (Wildman–Crippen MR) is 122 cm³/mol. The Morgan fingerprint density at radius 1 is 0.931 bits per heavy atom. The molecule has 2 heteroatoms. The van der Waals surface area contributed by atoms with E-state index in [1.165, 1.54) is 44.7 Å². The van der Waals surface area contributed by atoms with Crippen LogP contribution in [0.2, 0.25) is 0 Å². The first-order chi connectivity index (χ1) is 14.3. The Morgan fingerprint density at radius 2 is 1.79 bits per heavy atom. The van der Waals surface area contributed by atoms with Crippen LogP contribution in [0, 0.1) is 0 Å². The number of allylic oxidation sites excluding steroid dienone is 1. The lowest BCUT2D eigenvalue weighted by atomic mass is 9.93. The zero-order valence-electron chi connectivity index (χ0n) is 16.6. The maximum atomic E-state index is 3.71. The second-order valence-corrected chi connectivity index (χ2v) is 8.34. The number of rotatable bonds is 2. The number of nitrogens with one attached hydrogen (secondary N) is 1. The topological polar surface area (TPSA) is 17.0 Å². The van der Waals surface area contributed by atoms with Crippen LogP contribution in [0.1, 0.15) is 47.7 Å². The summed E-state index contributed by atoms with van der Waals surface area (Å²) in [7, 11) is 0. The normalized spacial score (nSPS) is 19.8. The van der Waals surface area contributed by atoms with Gasteiger partial charge in [-0.1, -0.05) is 67.6 Å². The van der Waals surface area contributed by atoms with E-state index in [1.54, 1.807) is 0 Å². The summed E-state index contributed by atoms with van der Waals surface area (Å²) < 4.78 is 2.49. The minimum atomic E-state index is 0.335. The second kappa shape index (κ2) is 6.38. The lowest BCUT2D eigenvalue weighted by Gasteiger charge is -2.20. The third-order valence-corrected chi connectivity index (χ3v) is 6.49. The van der Waals surface area contributed by atoms with Gasteiger partial charge in [0.15, 0.2) is 0 Å². The van der Waals surface area contributed by atoms with Crippen LogP contribution in [0.3, 0.4) is 0 Å². The molecule has 2 unspecified atom stereocenters. The fourth-order valence-electron chi connectivity index (χ4n) is 5.10. The van der Waals surface area contributed by atoms with Gasteiger partial charge in [-0.05, 0) is 48.2 Å². The van der Waals surface area contributed by atoms with Crippen LogP contribution in [0.4, 0.5) is 5.69 Å². The highest BCUT2D eigenvalue weighted by molar-refractivity contribution is 5.93. The molecule has 0 saturated heterocycles. The molecule has 6 rings (SSSR count). The van der Waals surface area contributed by atoms with E-state index in [9.17, 15) is 0 Å². The van der Waals surface area contributed by atoms with Gasteiger partial charge in [-0.2, -0.15) is 0 Å². The molecule has 29 heavy (non-hydrogen) atoms. The Balaban J connectivity index is 1.49. The Morgan fingerprint density at radius 3 is 2.72 bits per heavy atom. The lowest BCUT2D eigenvalue weighted by Crippen LogP contribution is -2.09. The van der Waals surface area contributed by atoms with Gasteiger partial charge in [-0.15, -0.1) is 0 Å². The third kappa shape index (κ3) is 2.56. The van der Waals surface area contributed by atoms with Crippen LogP contribution >= 0.6 is 0 Å². The summed E-state index contributed by atoms with van der Waals surface area (Å²) in [5.41, 5.74) is 9.42. The molecule has 3 aromatic carbocycles. The molecule has 2 heterocycles. The SMILES string of the molecule is CC1CC=Cc2c1n(-c1cccc(C3Cc4ccccc4N3)c1)c1ccccc21. The molecule has 1 aromatic heterocycles. The Bertz CT molecular complexity index is 1240. The average Bonchev–Trinajstić information content (AvgIpc) is 3.34. The first kappa shape index (κ1) is 16.7. The van der Waals surface area contributed by atoms with Gasteiger partial charge in [-0.3, -0.25) is 0 Å². The van der Waals surface area contributed by atoms with Gasteiger partial charge in [-0.25, -0.2) is 0 Å². The quantitative estimate of drug-likeness (QED) is 0.404. The monoisotopic (exact) mass is 376 g/mol. The zero-order chi connectivity index (χ0) is 19.4. The molecule has 0 spiro atoms. The van der Waals surface area contributed by atoms with Crippen LogP contribution in [0.25, 0.3) is 22.7 Å². The summed E-state index contributed by atoms with van der Waals surface area (Å²) in [5.74, 6) is 0.514. The molecule has 0 saturated carbocycles. The molecule has 1 N–H and O–H groups in total. The Hall–Kier alpha value is -3.26. The maximum Gasteiger partial charge on any atom is 0.0555 e. The van der Waals surface area contributed by atoms with E-state index < -0.39 is 0 Å². The molecule has 0 radical (unpaired) electrons. The first-order valence-corrected chi connectivity index (χ1v) is 10.5. The van der Waals surface area contributed by atoms with Crippen molar-refractivity contribution in [2.24, 2.45) is 0 Å². The van der Waals surface area contributed by atoms with E-state index in [-0.39, 0.29) is 0 Å². The van der Waals surface area contributed by atoms with E-state index in [0.717, 1.165) is 12.8 Å². The largest absolute Gasteiger partial charge is 0.378 e. The third-order valence-electron chi connectivity index (χ3n) is 6.49. The van der Waals surface area contributed by atoms with Gasteiger partial charge in [0.25, 0.3) is 0 Å². The minimum Gasteiger partial charge on any atom is -0.378 e. The highest BCUT2D eigenvalue weighted by atomic mass is 15.0. The standard InChI is InChI=1S/C27H24N2/c1-18-8-6-13-23-22-12-3-5-15-26(22)29(27(18)23)21-11-7-10-19(16-21)25-17-20-9-2-4-14-24(20)28-25/h2-7,9-16,18,25,28H,8,17H2,1H3. The van der Waals surface area contributed by atoms with E-state index in [1.807, 2.05) is 0 Å². The van der Waals surface area contributed by atoms with Gasteiger partial charge in [0.05, 0.1) is 11.6 Å². The number of para-hydroxylation sites is 2. The average molecular weight is 377 g/mol. The smallest absolute Gasteiger partial charge is 0.0555 e. The molecule has 4 aromatic rings. The van der Waals surface area contributed by atoms with Gasteiger partial charge in [0.2, 0.25) is 0 Å². The van der Waals surface area contributed by atoms with E-state index >= 15 is 0 Å². The van der Waals surface area contributed by atoms with Crippen LogP contribution in [-0.4, -0.2) is 4.57 Å². The van der Waals surface area contributed by atoms with Crippen molar-refractivity contribution in [1.29, 1.82) is 0 Å². The van der Waals surface area contributed by atoms with Crippen LogP contribution in [0.5, 0.6) is 0 Å². The Labute approximate surface area is 171 Å². The molecular weight excluding hydrogens is 352 g/mol. The van der Waals surface area contributed by atoms with Crippen molar-refractivity contribution < 1.29 is 0 Å². The van der Waals surface area contributed by atoms with Crippen LogP contribution in [-0.2, 0) is 6.42 Å². The number of hydrogen-bond donors (Lipinski definition) is 1. The van der Waals surface area contributed by atoms with Crippen molar-refractivity contribution in [1.82, 2.24) is 4.57 Å². The summed E-state index contributed by atoms with van der Waals surface area (Å²) in [6, 6.07) is 26.9. The molecular formula is C27H24N2. The highest BCUT2D eigenvalue weighted by Gasteiger charge is 2.25. The summed E-state index contributed by atoms with van der Waals surface area (Å²) in [5, 5.41) is 5.06. The first-order valence-electron chi connectivity index (χ1n) is 10.5. The van der Waals surface area contributed by atoms with Gasteiger partial charge < -0.3 is 9.88 Å². The molecule has 2 atom stereocenters. The van der Waals surface area contributed by atoms with Gasteiger partial charge in [0.1, 0.15) is 0 Å². The summed E-state index contributed by atoms with van der Waals surface area (Å²) in [6.45, 7) is 2.34. The number of anilines is 1. The number of aromatic nitrogens is 1. The number of fused-ring (bicyclic) bond motifs is 4. The van der Waals surface area contributed by atoms with Crippen molar-refractivity contribution in [3.63, 3.8) is 0 Å². The fraction of sp³-hybridized carbons (Fsp3) is 0.185. The number of benzene rings is 3. The molecule has 2 nitrogen and oxygen atoms in total. The number of hydrogen-bond acceptors (Lipinski definition) is 1. The molecule has 2 aliphatic rings. The highest BCUT2D eigenvalue weighted by Crippen LogP contribution is 2.40. The van der Waals surface area contributed by atoms with Gasteiger partial charge >= 0.3 is 0 Å². The predicted octanol–water partition coefficient (Wildman–Crippen LogP) is 6.86. The molecule has 142 valence electrons. The van der Waals surface area contributed by atoms with Crippen molar-refractivity contribution in [2.75, 3.05) is 5.32 Å². The summed E-state index contributed by atoms with van der Waals surface area (Å²) in [4.78, 5) is 0. The minimum absolute atomic E-state index is 0.335. The van der Waals surface area contributed by atoms with E-state index in [4.69, 9.17) is 0 Å². The lowest BCUT2D eigenvalue weighted by molar-refractivity contribution is 0.722. The van der Waals surface area contributed by atoms with Crippen molar-refractivity contribution in [2.45, 2.75) is 31.7 Å². The van der Waals surface area contributed by atoms with Crippen molar-refractivity contribution in [3.05, 3.63) is 101 Å². The Kier molecular flexibility index (Phi) is 3.67. The van der Waals surface area contributed by atoms with Crippen molar-refractivity contribution in [3.8, 4) is 5.69 Å². The van der Waals surface area contributed by atoms with E-state index in [0.29, 0.717) is 12.0 Å². The van der Waals surface area contributed by atoms with Crippen LogP contribution < -0.4 is 5.32 Å². The summed E-state index contributed by atoms with van der Waals surface area (Å²) >= 11 is 0. The van der Waals surface area contributed by atoms with Gasteiger partial charge in [0, 0.05) is 33.9 Å². The molecule has 1 aliphatic carbocycles. The van der Waals surface area contributed by atoms with Crippen molar-refractivity contribution >= 4 is 22.7 Å². The fourth-order valence-corrected chi connectivity index (χ4v) is 5.10. The second-order valence-electron chi connectivity index (χ2n) is 8.34. The summed E-state index contributed by atoms with van der Waals surface area (Å²) in [6.07, 6.45) is 6.78. The number of nitrogens with zero attached hydrogens (tertiary/aromatic N) is 1. The molecule has 1 aliphatic heterocycles. The molecule has 0 fully saturated rings. The van der Waals surface area contributed by atoms with E-state index in [2.05, 4.69) is 102 Å².